The highest BCUT2D eigenvalue weighted by atomic mass is 32.2. The molecule has 0 bridgehead atoms. The summed E-state index contributed by atoms with van der Waals surface area (Å²) < 4.78 is 27.4. The molecular weight excluding hydrogens is 374 g/mol. The van der Waals surface area contributed by atoms with Crippen molar-refractivity contribution >= 4 is 21.6 Å². The van der Waals surface area contributed by atoms with Crippen molar-refractivity contribution in [2.75, 3.05) is 38.0 Å². The molecule has 2 saturated heterocycles. The molecular formula is C21H33N3O3S. The highest BCUT2D eigenvalue weighted by Gasteiger charge is 2.26. The average Bonchev–Trinajstić information content (AvgIpc) is 2.66. The minimum absolute atomic E-state index is 0.0730. The first-order valence-corrected chi connectivity index (χ1v) is 12.0. The lowest BCUT2D eigenvalue weighted by Gasteiger charge is -2.26. The predicted octanol–water partition coefficient (Wildman–Crippen LogP) is 3.37. The Morgan fingerprint density at radius 3 is 2.18 bits per heavy atom. The van der Waals surface area contributed by atoms with Gasteiger partial charge in [0.1, 0.15) is 0 Å². The summed E-state index contributed by atoms with van der Waals surface area (Å²) in [5.74, 6) is -0.0730. The second-order valence-electron chi connectivity index (χ2n) is 8.03. The van der Waals surface area contributed by atoms with Crippen LogP contribution in [0.25, 0.3) is 0 Å². The van der Waals surface area contributed by atoms with E-state index in [0.29, 0.717) is 25.3 Å². The molecule has 2 heterocycles. The number of piperidine rings is 1. The summed E-state index contributed by atoms with van der Waals surface area (Å²) in [6.07, 6.45) is 8.91. The lowest BCUT2D eigenvalue weighted by atomic mass is 10.1. The van der Waals surface area contributed by atoms with E-state index in [1.807, 2.05) is 6.92 Å². The SMILES string of the molecule is Cc1ccc(S(=O)(=O)N2CCCCC2)cc1NC(=O)CN1CCCCCCC1. The van der Waals surface area contributed by atoms with E-state index in [1.165, 1.54) is 19.3 Å². The second kappa shape index (κ2) is 9.85. The molecule has 0 saturated carbocycles. The fourth-order valence-corrected chi connectivity index (χ4v) is 5.56. The van der Waals surface area contributed by atoms with Gasteiger partial charge in [-0.2, -0.15) is 4.31 Å². The van der Waals surface area contributed by atoms with Gasteiger partial charge < -0.3 is 5.32 Å². The van der Waals surface area contributed by atoms with Crippen molar-refractivity contribution in [2.24, 2.45) is 0 Å². The number of rotatable bonds is 5. The van der Waals surface area contributed by atoms with Crippen LogP contribution in [0.2, 0.25) is 0 Å². The van der Waals surface area contributed by atoms with Gasteiger partial charge in [0.25, 0.3) is 0 Å². The Bertz CT molecular complexity index is 765. The number of nitrogens with one attached hydrogen (secondary N) is 1. The van der Waals surface area contributed by atoms with Crippen LogP contribution in [0.4, 0.5) is 5.69 Å². The number of nitrogens with zero attached hydrogens (tertiary/aromatic N) is 2. The highest BCUT2D eigenvalue weighted by Crippen LogP contribution is 2.25. The minimum Gasteiger partial charge on any atom is -0.325 e. The number of hydrogen-bond donors (Lipinski definition) is 1. The summed E-state index contributed by atoms with van der Waals surface area (Å²) in [5.41, 5.74) is 1.47. The minimum atomic E-state index is -3.50. The molecule has 1 N–H and O–H groups in total. The zero-order chi connectivity index (χ0) is 20.0. The zero-order valence-corrected chi connectivity index (χ0v) is 17.8. The third-order valence-electron chi connectivity index (χ3n) is 5.75. The van der Waals surface area contributed by atoms with Gasteiger partial charge >= 0.3 is 0 Å². The molecule has 0 unspecified atom stereocenters. The number of likely N-dealkylation sites (tertiary alicyclic amines) is 1. The second-order valence-corrected chi connectivity index (χ2v) is 9.97. The first-order valence-electron chi connectivity index (χ1n) is 10.6. The Balaban J connectivity index is 1.68. The summed E-state index contributed by atoms with van der Waals surface area (Å²) in [4.78, 5) is 15.1. The number of anilines is 1. The van der Waals surface area contributed by atoms with Crippen LogP contribution in [0.1, 0.15) is 56.9 Å². The van der Waals surface area contributed by atoms with Crippen molar-refractivity contribution in [1.29, 1.82) is 0 Å². The lowest BCUT2D eigenvalue weighted by molar-refractivity contribution is -0.117. The third kappa shape index (κ3) is 5.55. The van der Waals surface area contributed by atoms with E-state index in [1.54, 1.807) is 22.5 Å². The average molecular weight is 408 g/mol. The number of carbonyl (C=O) groups excluding carboxylic acids is 1. The maximum atomic E-state index is 12.9. The van der Waals surface area contributed by atoms with Gasteiger partial charge in [-0.25, -0.2) is 8.42 Å². The quantitative estimate of drug-likeness (QED) is 0.812. The maximum Gasteiger partial charge on any atom is 0.243 e. The zero-order valence-electron chi connectivity index (χ0n) is 17.0. The molecule has 3 rings (SSSR count). The monoisotopic (exact) mass is 407 g/mol. The number of benzene rings is 1. The van der Waals surface area contributed by atoms with Gasteiger partial charge in [-0.3, -0.25) is 9.69 Å². The van der Waals surface area contributed by atoms with Gasteiger partial charge in [0, 0.05) is 18.8 Å². The van der Waals surface area contributed by atoms with E-state index >= 15 is 0 Å². The van der Waals surface area contributed by atoms with E-state index in [0.717, 1.165) is 50.8 Å². The molecule has 2 aliphatic heterocycles. The molecule has 0 spiro atoms. The van der Waals surface area contributed by atoms with E-state index in [2.05, 4.69) is 10.2 Å². The molecule has 1 amide bonds. The molecule has 0 atom stereocenters. The Morgan fingerprint density at radius 1 is 0.929 bits per heavy atom. The Morgan fingerprint density at radius 2 is 1.50 bits per heavy atom. The fraction of sp³-hybridized carbons (Fsp3) is 0.667. The standard InChI is InChI=1S/C21H33N3O3S/c1-18-10-11-19(28(26,27)24-14-8-5-9-15-24)16-20(18)22-21(25)17-23-12-6-3-2-4-7-13-23/h10-11,16H,2-9,12-15,17H2,1H3,(H,22,25). The predicted molar refractivity (Wildman–Crippen MR) is 112 cm³/mol. The van der Waals surface area contributed by atoms with Crippen LogP contribution in [0.3, 0.4) is 0 Å². The molecule has 0 aromatic heterocycles. The number of amides is 1. The number of sulfonamides is 1. The van der Waals surface area contributed by atoms with Gasteiger partial charge in [-0.15, -0.1) is 0 Å². The van der Waals surface area contributed by atoms with Crippen molar-refractivity contribution in [2.45, 2.75) is 63.2 Å². The molecule has 0 radical (unpaired) electrons. The van der Waals surface area contributed by atoms with Crippen molar-refractivity contribution in [1.82, 2.24) is 9.21 Å². The molecule has 2 aliphatic rings. The number of carbonyl (C=O) groups is 1. The number of hydrogen-bond acceptors (Lipinski definition) is 4. The van der Waals surface area contributed by atoms with E-state index in [9.17, 15) is 13.2 Å². The van der Waals surface area contributed by atoms with Crippen LogP contribution >= 0.6 is 0 Å². The third-order valence-corrected chi connectivity index (χ3v) is 7.65. The van der Waals surface area contributed by atoms with Gasteiger partial charge in [0.05, 0.1) is 11.4 Å². The van der Waals surface area contributed by atoms with E-state index in [4.69, 9.17) is 0 Å². The van der Waals surface area contributed by atoms with Crippen LogP contribution in [0, 0.1) is 6.92 Å². The molecule has 7 heteroatoms. The summed E-state index contributed by atoms with van der Waals surface area (Å²) in [6.45, 7) is 5.32. The highest BCUT2D eigenvalue weighted by molar-refractivity contribution is 7.89. The van der Waals surface area contributed by atoms with Crippen LogP contribution in [-0.4, -0.2) is 56.3 Å². The fourth-order valence-electron chi connectivity index (χ4n) is 4.01. The first-order chi connectivity index (χ1) is 13.5. The van der Waals surface area contributed by atoms with Gasteiger partial charge in [-0.05, 0) is 63.4 Å². The summed E-state index contributed by atoms with van der Waals surface area (Å²) in [5, 5.41) is 2.95. The van der Waals surface area contributed by atoms with Crippen LogP contribution in [-0.2, 0) is 14.8 Å². The van der Waals surface area contributed by atoms with Crippen LogP contribution in [0.5, 0.6) is 0 Å². The molecule has 156 valence electrons. The Labute approximate surface area is 169 Å². The van der Waals surface area contributed by atoms with E-state index < -0.39 is 10.0 Å². The summed E-state index contributed by atoms with van der Waals surface area (Å²) >= 11 is 0. The van der Waals surface area contributed by atoms with Crippen molar-refractivity contribution in [3.63, 3.8) is 0 Å². The van der Waals surface area contributed by atoms with Gasteiger partial charge in [-0.1, -0.05) is 31.7 Å². The van der Waals surface area contributed by atoms with Crippen molar-refractivity contribution < 1.29 is 13.2 Å². The van der Waals surface area contributed by atoms with Crippen molar-refractivity contribution in [3.8, 4) is 0 Å². The van der Waals surface area contributed by atoms with Crippen LogP contribution in [0.15, 0.2) is 23.1 Å². The van der Waals surface area contributed by atoms with Gasteiger partial charge in [0.15, 0.2) is 0 Å². The molecule has 28 heavy (non-hydrogen) atoms. The van der Waals surface area contributed by atoms with Crippen molar-refractivity contribution in [3.05, 3.63) is 23.8 Å². The largest absolute Gasteiger partial charge is 0.325 e. The summed E-state index contributed by atoms with van der Waals surface area (Å²) in [6, 6.07) is 5.04. The smallest absolute Gasteiger partial charge is 0.243 e. The molecule has 2 fully saturated rings. The van der Waals surface area contributed by atoms with Crippen LogP contribution < -0.4 is 5.32 Å². The topological polar surface area (TPSA) is 69.7 Å². The lowest BCUT2D eigenvalue weighted by Crippen LogP contribution is -2.36. The summed E-state index contributed by atoms with van der Waals surface area (Å²) in [7, 11) is -3.50. The normalized spacial score (nSPS) is 20.3. The van der Waals surface area contributed by atoms with E-state index in [-0.39, 0.29) is 10.8 Å². The Kier molecular flexibility index (Phi) is 7.48. The molecule has 1 aromatic carbocycles. The molecule has 1 aromatic rings. The first kappa shape index (κ1) is 21.3. The Hall–Kier alpha value is -1.44. The molecule has 6 nitrogen and oxygen atoms in total. The number of aryl methyl sites for hydroxylation is 1. The molecule has 0 aliphatic carbocycles. The maximum absolute atomic E-state index is 12.9. The van der Waals surface area contributed by atoms with Gasteiger partial charge in [0.2, 0.25) is 15.9 Å².